The molecule has 0 saturated heterocycles. The monoisotopic (exact) mass is 438 g/mol. The highest BCUT2D eigenvalue weighted by molar-refractivity contribution is 7.99. The van der Waals surface area contributed by atoms with Crippen molar-refractivity contribution >= 4 is 17.7 Å². The zero-order chi connectivity index (χ0) is 21.8. The van der Waals surface area contributed by atoms with Gasteiger partial charge in [0.05, 0.1) is 17.4 Å². The van der Waals surface area contributed by atoms with E-state index >= 15 is 0 Å². The van der Waals surface area contributed by atoms with Crippen LogP contribution < -0.4 is 5.32 Å². The molecule has 31 heavy (non-hydrogen) atoms. The van der Waals surface area contributed by atoms with Gasteiger partial charge in [0.25, 0.3) is 0 Å². The van der Waals surface area contributed by atoms with Gasteiger partial charge in [0.1, 0.15) is 5.82 Å². The number of rotatable bonds is 7. The molecule has 1 heterocycles. The van der Waals surface area contributed by atoms with Crippen LogP contribution in [-0.2, 0) is 17.8 Å². The van der Waals surface area contributed by atoms with Gasteiger partial charge in [-0.05, 0) is 48.4 Å². The van der Waals surface area contributed by atoms with E-state index in [0.717, 1.165) is 19.3 Å². The topological polar surface area (TPSA) is 59.8 Å². The standard InChI is InChI=1S/C24H27FN4OS/c1-16(2)14-29-23(19-11-5-6-12-20(19)25)27-28-24(29)31-15-22(30)26-21-13-7-9-17-8-3-4-10-18(17)21/h3-6,8,10-12,16,21H,7,9,13-15H2,1-2H3,(H,26,30)/t21-/m1/s1. The van der Waals surface area contributed by atoms with Crippen molar-refractivity contribution in [3.63, 3.8) is 0 Å². The molecule has 4 rings (SSSR count). The number of hydrogen-bond acceptors (Lipinski definition) is 4. The Labute approximate surface area is 186 Å². The molecule has 7 heteroatoms. The van der Waals surface area contributed by atoms with E-state index in [-0.39, 0.29) is 23.5 Å². The predicted octanol–water partition coefficient (Wildman–Crippen LogP) is 5.03. The van der Waals surface area contributed by atoms with Crippen molar-refractivity contribution in [3.05, 3.63) is 65.5 Å². The highest BCUT2D eigenvalue weighted by Gasteiger charge is 2.23. The number of hydrogen-bond donors (Lipinski definition) is 1. The quantitative estimate of drug-likeness (QED) is 0.526. The molecule has 0 saturated carbocycles. The lowest BCUT2D eigenvalue weighted by Gasteiger charge is -2.26. The van der Waals surface area contributed by atoms with E-state index < -0.39 is 0 Å². The number of carbonyl (C=O) groups excluding carboxylic acids is 1. The minimum atomic E-state index is -0.329. The van der Waals surface area contributed by atoms with Gasteiger partial charge >= 0.3 is 0 Å². The first-order valence-corrected chi connectivity index (χ1v) is 11.7. The smallest absolute Gasteiger partial charge is 0.230 e. The SMILES string of the molecule is CC(C)Cn1c(SCC(=O)N[C@@H]2CCCc3ccccc32)nnc1-c1ccccc1F. The first-order chi connectivity index (χ1) is 15.0. The molecule has 0 aliphatic heterocycles. The van der Waals surface area contributed by atoms with E-state index in [2.05, 4.69) is 41.5 Å². The highest BCUT2D eigenvalue weighted by Crippen LogP contribution is 2.30. The summed E-state index contributed by atoms with van der Waals surface area (Å²) in [5, 5.41) is 12.3. The van der Waals surface area contributed by atoms with Crippen LogP contribution in [0.15, 0.2) is 53.7 Å². The predicted molar refractivity (Wildman–Crippen MR) is 121 cm³/mol. The maximum absolute atomic E-state index is 14.3. The number of fused-ring (bicyclic) bond motifs is 1. The summed E-state index contributed by atoms with van der Waals surface area (Å²) in [6, 6.07) is 14.9. The Morgan fingerprint density at radius 1 is 1.19 bits per heavy atom. The molecule has 3 aromatic rings. The Morgan fingerprint density at radius 3 is 2.77 bits per heavy atom. The summed E-state index contributed by atoms with van der Waals surface area (Å²) in [5.41, 5.74) is 2.96. The minimum absolute atomic E-state index is 0.0294. The highest BCUT2D eigenvalue weighted by atomic mass is 32.2. The molecule has 0 unspecified atom stereocenters. The number of amides is 1. The van der Waals surface area contributed by atoms with Crippen molar-refractivity contribution in [2.45, 2.75) is 50.9 Å². The number of nitrogens with one attached hydrogen (secondary N) is 1. The van der Waals surface area contributed by atoms with Crippen molar-refractivity contribution in [1.82, 2.24) is 20.1 Å². The van der Waals surface area contributed by atoms with Gasteiger partial charge in [-0.25, -0.2) is 4.39 Å². The molecule has 0 radical (unpaired) electrons. The zero-order valence-electron chi connectivity index (χ0n) is 17.8. The lowest BCUT2D eigenvalue weighted by molar-refractivity contribution is -0.119. The zero-order valence-corrected chi connectivity index (χ0v) is 18.7. The number of halogens is 1. The van der Waals surface area contributed by atoms with Crippen molar-refractivity contribution < 1.29 is 9.18 Å². The second-order valence-corrected chi connectivity index (χ2v) is 9.23. The largest absolute Gasteiger partial charge is 0.349 e. The fourth-order valence-electron chi connectivity index (χ4n) is 4.04. The van der Waals surface area contributed by atoms with Crippen molar-refractivity contribution in [2.75, 3.05) is 5.75 Å². The Bertz CT molecular complexity index is 1070. The molecular formula is C24H27FN4OS. The Hall–Kier alpha value is -2.67. The fraction of sp³-hybridized carbons (Fsp3) is 0.375. The van der Waals surface area contributed by atoms with Gasteiger partial charge in [0.15, 0.2) is 11.0 Å². The second-order valence-electron chi connectivity index (χ2n) is 8.29. The number of thioether (sulfide) groups is 1. The van der Waals surface area contributed by atoms with Crippen LogP contribution in [0.2, 0.25) is 0 Å². The van der Waals surface area contributed by atoms with E-state index in [9.17, 15) is 9.18 Å². The Balaban J connectivity index is 1.47. The Kier molecular flexibility index (Phi) is 6.70. The third-order valence-electron chi connectivity index (χ3n) is 5.42. The molecule has 2 aromatic carbocycles. The average Bonchev–Trinajstić information content (AvgIpc) is 3.14. The van der Waals surface area contributed by atoms with Crippen LogP contribution in [0, 0.1) is 11.7 Å². The van der Waals surface area contributed by atoms with E-state index in [0.29, 0.717) is 29.0 Å². The van der Waals surface area contributed by atoms with Crippen LogP contribution in [0.5, 0.6) is 0 Å². The summed E-state index contributed by atoms with van der Waals surface area (Å²) in [6.07, 6.45) is 3.09. The second kappa shape index (κ2) is 9.64. The van der Waals surface area contributed by atoms with Gasteiger partial charge in [-0.1, -0.05) is 62.0 Å². The number of carbonyl (C=O) groups is 1. The summed E-state index contributed by atoms with van der Waals surface area (Å²) in [7, 11) is 0. The number of nitrogens with zero attached hydrogens (tertiary/aromatic N) is 3. The van der Waals surface area contributed by atoms with Crippen LogP contribution in [0.25, 0.3) is 11.4 Å². The number of benzene rings is 2. The third-order valence-corrected chi connectivity index (χ3v) is 6.38. The van der Waals surface area contributed by atoms with E-state index in [1.807, 2.05) is 16.7 Å². The fourth-order valence-corrected chi connectivity index (χ4v) is 4.80. The van der Waals surface area contributed by atoms with Gasteiger partial charge < -0.3 is 9.88 Å². The molecule has 1 aliphatic carbocycles. The van der Waals surface area contributed by atoms with Gasteiger partial charge in [-0.3, -0.25) is 4.79 Å². The summed E-state index contributed by atoms with van der Waals surface area (Å²) < 4.78 is 16.3. The van der Waals surface area contributed by atoms with Crippen LogP contribution >= 0.6 is 11.8 Å². The molecule has 1 atom stereocenters. The van der Waals surface area contributed by atoms with Crippen LogP contribution in [0.1, 0.15) is 43.9 Å². The van der Waals surface area contributed by atoms with E-state index in [4.69, 9.17) is 0 Å². The summed E-state index contributed by atoms with van der Waals surface area (Å²) in [6.45, 7) is 4.83. The van der Waals surface area contributed by atoms with Gasteiger partial charge in [0.2, 0.25) is 5.91 Å². The van der Waals surface area contributed by atoms with Crippen LogP contribution in [0.4, 0.5) is 4.39 Å². The lowest BCUT2D eigenvalue weighted by atomic mass is 9.88. The molecule has 1 amide bonds. The first kappa shape index (κ1) is 21.6. The average molecular weight is 439 g/mol. The summed E-state index contributed by atoms with van der Waals surface area (Å²) in [4.78, 5) is 12.7. The summed E-state index contributed by atoms with van der Waals surface area (Å²) >= 11 is 1.34. The maximum Gasteiger partial charge on any atom is 0.230 e. The third kappa shape index (κ3) is 4.98. The van der Waals surface area contributed by atoms with Gasteiger partial charge in [-0.15, -0.1) is 10.2 Å². The van der Waals surface area contributed by atoms with Gasteiger partial charge in [0, 0.05) is 6.54 Å². The maximum atomic E-state index is 14.3. The first-order valence-electron chi connectivity index (χ1n) is 10.7. The number of aryl methyl sites for hydroxylation is 1. The molecule has 0 bridgehead atoms. The molecule has 0 fully saturated rings. The van der Waals surface area contributed by atoms with Crippen LogP contribution in [-0.4, -0.2) is 26.4 Å². The molecular weight excluding hydrogens is 411 g/mol. The molecule has 5 nitrogen and oxygen atoms in total. The minimum Gasteiger partial charge on any atom is -0.349 e. The van der Waals surface area contributed by atoms with Crippen molar-refractivity contribution in [2.24, 2.45) is 5.92 Å². The normalized spacial score (nSPS) is 15.7. The molecule has 0 spiro atoms. The van der Waals surface area contributed by atoms with Gasteiger partial charge in [-0.2, -0.15) is 0 Å². The molecule has 162 valence electrons. The molecule has 1 aliphatic rings. The Morgan fingerprint density at radius 2 is 1.97 bits per heavy atom. The van der Waals surface area contributed by atoms with E-state index in [1.165, 1.54) is 29.0 Å². The number of aromatic nitrogens is 3. The molecule has 1 aromatic heterocycles. The van der Waals surface area contributed by atoms with Crippen molar-refractivity contribution in [3.8, 4) is 11.4 Å². The van der Waals surface area contributed by atoms with Crippen molar-refractivity contribution in [1.29, 1.82) is 0 Å². The van der Waals surface area contributed by atoms with E-state index in [1.54, 1.807) is 18.2 Å². The molecule has 1 N–H and O–H groups in total. The van der Waals surface area contributed by atoms with Crippen LogP contribution in [0.3, 0.4) is 0 Å². The summed E-state index contributed by atoms with van der Waals surface area (Å²) in [5.74, 6) is 0.708. The lowest BCUT2D eigenvalue weighted by Crippen LogP contribution is -2.32.